The molecule has 4 N–H and O–H groups in total. The minimum Gasteiger partial charge on any atom is -0.399 e. The third kappa shape index (κ3) is 6.76. The van der Waals surface area contributed by atoms with E-state index in [-0.39, 0.29) is 0 Å². The molecule has 0 heterocycles. The van der Waals surface area contributed by atoms with E-state index in [0.717, 1.165) is 6.26 Å². The molecule has 0 bridgehead atoms. The van der Waals surface area contributed by atoms with Crippen molar-refractivity contribution in [3.8, 4) is 12.3 Å². The van der Waals surface area contributed by atoms with Crippen molar-refractivity contribution in [2.75, 3.05) is 21.6 Å². The maximum atomic E-state index is 13.3. The lowest BCUT2D eigenvalue weighted by Crippen LogP contribution is -2.49. The van der Waals surface area contributed by atoms with Crippen LogP contribution >= 0.6 is 0 Å². The highest BCUT2D eigenvalue weighted by Crippen LogP contribution is 2.30. The Bertz CT molecular complexity index is 1110. The molecule has 0 spiro atoms. The van der Waals surface area contributed by atoms with E-state index in [9.17, 15) is 18.0 Å². The average Bonchev–Trinajstić information content (AvgIpc) is 2.63. The summed E-state index contributed by atoms with van der Waals surface area (Å²) in [6, 6.07) is 11.5. The first-order valence-electron chi connectivity index (χ1n) is 9.36. The van der Waals surface area contributed by atoms with Gasteiger partial charge < -0.3 is 11.1 Å². The standard InChI is InChI=1S/C22H26N4O4S/c1-6-19(27)26(18-12-10-17(11-13-18)25-31(5,29)30)20(21(28)24-22(2,3)4)15-8-7-9-16(23)14-15/h1,7-14,20,25H,23H2,2-5H3,(H,24,28). The van der Waals surface area contributed by atoms with E-state index in [1.54, 1.807) is 24.3 Å². The number of nitrogens with two attached hydrogens (primary N) is 1. The number of sulfonamides is 1. The van der Waals surface area contributed by atoms with Gasteiger partial charge in [-0.15, -0.1) is 6.42 Å². The smallest absolute Gasteiger partial charge is 0.303 e. The molecule has 2 amide bonds. The minimum absolute atomic E-state index is 0.305. The number of terminal acetylenes is 1. The molecule has 8 nitrogen and oxygen atoms in total. The Labute approximate surface area is 182 Å². The molecule has 2 aromatic carbocycles. The number of amides is 2. The first-order valence-corrected chi connectivity index (χ1v) is 11.2. The van der Waals surface area contributed by atoms with Crippen LogP contribution in [0.15, 0.2) is 48.5 Å². The second kappa shape index (κ2) is 9.10. The van der Waals surface area contributed by atoms with Gasteiger partial charge in [-0.2, -0.15) is 0 Å². The molecule has 9 heteroatoms. The molecule has 0 aliphatic rings. The van der Waals surface area contributed by atoms with E-state index in [0.29, 0.717) is 22.6 Å². The van der Waals surface area contributed by atoms with E-state index in [1.165, 1.54) is 29.2 Å². The predicted octanol–water partition coefficient (Wildman–Crippen LogP) is 2.26. The molecule has 0 fully saturated rings. The van der Waals surface area contributed by atoms with Crippen molar-refractivity contribution < 1.29 is 18.0 Å². The van der Waals surface area contributed by atoms with Gasteiger partial charge in [-0.3, -0.25) is 19.2 Å². The number of anilines is 3. The Hall–Kier alpha value is -3.51. The van der Waals surface area contributed by atoms with Crippen LogP contribution in [0, 0.1) is 12.3 Å². The van der Waals surface area contributed by atoms with Crippen LogP contribution < -0.4 is 20.7 Å². The van der Waals surface area contributed by atoms with E-state index in [2.05, 4.69) is 16.0 Å². The molecule has 164 valence electrons. The van der Waals surface area contributed by atoms with Crippen LogP contribution in [0.4, 0.5) is 17.1 Å². The summed E-state index contributed by atoms with van der Waals surface area (Å²) in [6.45, 7) is 5.46. The van der Waals surface area contributed by atoms with E-state index < -0.39 is 33.4 Å². The summed E-state index contributed by atoms with van der Waals surface area (Å²) in [4.78, 5) is 27.2. The van der Waals surface area contributed by atoms with Crippen molar-refractivity contribution in [1.82, 2.24) is 5.32 Å². The molecule has 0 aromatic heterocycles. The topological polar surface area (TPSA) is 122 Å². The van der Waals surface area contributed by atoms with Gasteiger partial charge in [0, 0.05) is 22.6 Å². The summed E-state index contributed by atoms with van der Waals surface area (Å²) in [7, 11) is -3.47. The molecular weight excluding hydrogens is 416 g/mol. The Kier molecular flexibility index (Phi) is 6.98. The lowest BCUT2D eigenvalue weighted by molar-refractivity contribution is -0.126. The maximum Gasteiger partial charge on any atom is 0.303 e. The number of benzene rings is 2. The number of nitrogens with zero attached hydrogens (tertiary/aromatic N) is 1. The maximum absolute atomic E-state index is 13.3. The molecule has 0 saturated heterocycles. The highest BCUT2D eigenvalue weighted by Gasteiger charge is 2.34. The lowest BCUT2D eigenvalue weighted by Gasteiger charge is -2.32. The van der Waals surface area contributed by atoms with E-state index in [1.807, 2.05) is 20.8 Å². The fraction of sp³-hybridized carbons (Fsp3) is 0.273. The molecule has 2 rings (SSSR count). The SMILES string of the molecule is C#CC(=O)N(c1ccc(NS(C)(=O)=O)cc1)C(C(=O)NC(C)(C)C)c1cccc(N)c1. The normalized spacial score (nSPS) is 12.4. The summed E-state index contributed by atoms with van der Waals surface area (Å²) >= 11 is 0. The number of carbonyl (C=O) groups excluding carboxylic acids is 2. The zero-order valence-corrected chi connectivity index (χ0v) is 18.7. The van der Waals surface area contributed by atoms with Gasteiger partial charge in [0.15, 0.2) is 0 Å². The number of nitrogens with one attached hydrogen (secondary N) is 2. The van der Waals surface area contributed by atoms with Crippen LogP contribution in [0.5, 0.6) is 0 Å². The number of hydrogen-bond acceptors (Lipinski definition) is 5. The number of rotatable bonds is 6. The Balaban J connectivity index is 2.60. The molecule has 2 aromatic rings. The third-order valence-corrected chi connectivity index (χ3v) is 4.63. The van der Waals surface area contributed by atoms with Gasteiger partial charge in [-0.25, -0.2) is 8.42 Å². The quantitative estimate of drug-likeness (QED) is 0.468. The fourth-order valence-electron chi connectivity index (χ4n) is 2.94. The zero-order chi connectivity index (χ0) is 23.4. The van der Waals surface area contributed by atoms with Crippen molar-refractivity contribution in [1.29, 1.82) is 0 Å². The molecule has 0 radical (unpaired) electrons. The summed E-state index contributed by atoms with van der Waals surface area (Å²) < 4.78 is 25.3. The van der Waals surface area contributed by atoms with Crippen LogP contribution in [0.3, 0.4) is 0 Å². The molecule has 0 saturated carbocycles. The van der Waals surface area contributed by atoms with Gasteiger partial charge in [0.05, 0.1) is 6.26 Å². The molecule has 1 unspecified atom stereocenters. The molecule has 0 aliphatic carbocycles. The molecule has 0 aliphatic heterocycles. The largest absolute Gasteiger partial charge is 0.399 e. The van der Waals surface area contributed by atoms with Crippen molar-refractivity contribution in [2.45, 2.75) is 32.4 Å². The Morgan fingerprint density at radius 3 is 2.23 bits per heavy atom. The highest BCUT2D eigenvalue weighted by molar-refractivity contribution is 7.92. The number of nitrogen functional groups attached to an aromatic ring is 1. The average molecular weight is 443 g/mol. The molecule has 31 heavy (non-hydrogen) atoms. The first kappa shape index (κ1) is 23.8. The molecule has 1 atom stereocenters. The summed E-state index contributed by atoms with van der Waals surface area (Å²) in [5.41, 5.74) is 6.86. The van der Waals surface area contributed by atoms with Crippen LogP contribution in [-0.2, 0) is 19.6 Å². The summed E-state index contributed by atoms with van der Waals surface area (Å²) in [6.07, 6.45) is 6.44. The van der Waals surface area contributed by atoms with E-state index >= 15 is 0 Å². The van der Waals surface area contributed by atoms with Crippen molar-refractivity contribution in [3.05, 3.63) is 54.1 Å². The minimum atomic E-state index is -3.47. The highest BCUT2D eigenvalue weighted by atomic mass is 32.2. The van der Waals surface area contributed by atoms with Crippen LogP contribution in [0.2, 0.25) is 0 Å². The van der Waals surface area contributed by atoms with Crippen LogP contribution in [0.25, 0.3) is 0 Å². The number of carbonyl (C=O) groups is 2. The lowest BCUT2D eigenvalue weighted by atomic mass is 10.00. The van der Waals surface area contributed by atoms with E-state index in [4.69, 9.17) is 12.2 Å². The Morgan fingerprint density at radius 2 is 1.74 bits per heavy atom. The fourth-order valence-corrected chi connectivity index (χ4v) is 3.51. The van der Waals surface area contributed by atoms with Gasteiger partial charge in [-0.1, -0.05) is 12.1 Å². The zero-order valence-electron chi connectivity index (χ0n) is 17.8. The van der Waals surface area contributed by atoms with Crippen LogP contribution in [-0.4, -0.2) is 32.0 Å². The van der Waals surface area contributed by atoms with Gasteiger partial charge in [-0.05, 0) is 68.7 Å². The van der Waals surface area contributed by atoms with Crippen molar-refractivity contribution in [2.24, 2.45) is 0 Å². The van der Waals surface area contributed by atoms with Gasteiger partial charge >= 0.3 is 5.91 Å². The third-order valence-electron chi connectivity index (χ3n) is 4.02. The van der Waals surface area contributed by atoms with Gasteiger partial charge in [0.2, 0.25) is 15.9 Å². The van der Waals surface area contributed by atoms with Crippen LogP contribution in [0.1, 0.15) is 32.4 Å². The number of hydrogen-bond donors (Lipinski definition) is 3. The molecular formula is C22H26N4O4S. The second-order valence-corrected chi connectivity index (χ2v) is 9.80. The summed E-state index contributed by atoms with van der Waals surface area (Å²) in [5.74, 6) is 0.883. The Morgan fingerprint density at radius 1 is 1.13 bits per heavy atom. The first-order chi connectivity index (χ1) is 14.3. The monoisotopic (exact) mass is 442 g/mol. The predicted molar refractivity (Wildman–Crippen MR) is 123 cm³/mol. The van der Waals surface area contributed by atoms with Gasteiger partial charge in [0.1, 0.15) is 6.04 Å². The summed E-state index contributed by atoms with van der Waals surface area (Å²) in [5, 5.41) is 2.87. The van der Waals surface area contributed by atoms with Gasteiger partial charge in [0.25, 0.3) is 0 Å². The van der Waals surface area contributed by atoms with Crippen molar-refractivity contribution in [3.63, 3.8) is 0 Å². The van der Waals surface area contributed by atoms with Crippen molar-refractivity contribution >= 4 is 38.9 Å². The second-order valence-electron chi connectivity index (χ2n) is 8.05.